The molecule has 20 heavy (non-hydrogen) atoms. The molecule has 0 aliphatic rings. The monoisotopic (exact) mass is 273 g/mol. The second-order valence-corrected chi connectivity index (χ2v) is 4.58. The average molecular weight is 273 g/mol. The van der Waals surface area contributed by atoms with Crippen LogP contribution in [-0.4, -0.2) is 11.7 Å². The van der Waals surface area contributed by atoms with Crippen molar-refractivity contribution in [2.75, 3.05) is 7.11 Å². The minimum Gasteiger partial charge on any atom is -0.494 e. The van der Waals surface area contributed by atoms with Crippen molar-refractivity contribution >= 4 is 10.9 Å². The van der Waals surface area contributed by atoms with E-state index in [0.29, 0.717) is 12.1 Å². The second kappa shape index (κ2) is 4.96. The number of hydrogen-bond acceptors (Lipinski definition) is 1. The lowest BCUT2D eigenvalue weighted by Crippen LogP contribution is -2.02. The van der Waals surface area contributed by atoms with E-state index >= 15 is 0 Å². The van der Waals surface area contributed by atoms with Gasteiger partial charge in [0.2, 0.25) is 0 Å². The van der Waals surface area contributed by atoms with Gasteiger partial charge in [0.1, 0.15) is 5.82 Å². The highest BCUT2D eigenvalue weighted by molar-refractivity contribution is 5.80. The molecule has 0 spiro atoms. The number of nitrogens with zero attached hydrogens (tertiary/aromatic N) is 1. The molecular formula is C16H13F2NO. The summed E-state index contributed by atoms with van der Waals surface area (Å²) in [7, 11) is 1.43. The standard InChI is InChI=1S/C16H13F2NO/c1-20-15-4-2-3-12(16(15)18)10-19-8-7-11-5-6-13(17)9-14(11)19/h2-9H,10H2,1H3. The van der Waals surface area contributed by atoms with Gasteiger partial charge in [0, 0.05) is 11.8 Å². The third-order valence-corrected chi connectivity index (χ3v) is 3.34. The van der Waals surface area contributed by atoms with E-state index in [4.69, 9.17) is 4.74 Å². The summed E-state index contributed by atoms with van der Waals surface area (Å²) in [6.07, 6.45) is 1.82. The Kier molecular flexibility index (Phi) is 3.14. The molecule has 0 unspecified atom stereocenters. The van der Waals surface area contributed by atoms with Crippen LogP contribution in [0.15, 0.2) is 48.7 Å². The lowest BCUT2D eigenvalue weighted by Gasteiger charge is -2.09. The highest BCUT2D eigenvalue weighted by atomic mass is 19.1. The van der Waals surface area contributed by atoms with E-state index in [1.54, 1.807) is 24.3 Å². The molecule has 0 aliphatic carbocycles. The molecule has 3 aromatic rings. The molecule has 0 saturated carbocycles. The third kappa shape index (κ3) is 2.13. The minimum absolute atomic E-state index is 0.213. The average Bonchev–Trinajstić information content (AvgIpc) is 2.83. The molecule has 4 heteroatoms. The van der Waals surface area contributed by atoms with Gasteiger partial charge in [0.15, 0.2) is 11.6 Å². The Morgan fingerprint density at radius 1 is 1.10 bits per heavy atom. The zero-order valence-corrected chi connectivity index (χ0v) is 10.9. The Bertz CT molecular complexity index is 764. The Balaban J connectivity index is 2.03. The molecule has 0 bridgehead atoms. The first-order valence-electron chi connectivity index (χ1n) is 6.25. The molecule has 102 valence electrons. The Morgan fingerprint density at radius 2 is 1.95 bits per heavy atom. The summed E-state index contributed by atoms with van der Waals surface area (Å²) in [5.41, 5.74) is 1.25. The van der Waals surface area contributed by atoms with Crippen LogP contribution in [0.25, 0.3) is 10.9 Å². The Hall–Kier alpha value is -2.36. The van der Waals surface area contributed by atoms with Crippen molar-refractivity contribution in [2.24, 2.45) is 0 Å². The number of halogens is 2. The molecule has 0 amide bonds. The van der Waals surface area contributed by atoms with E-state index in [-0.39, 0.29) is 17.4 Å². The molecule has 3 rings (SSSR count). The van der Waals surface area contributed by atoms with Crippen LogP contribution in [0.5, 0.6) is 5.75 Å². The highest BCUT2D eigenvalue weighted by Crippen LogP contribution is 2.23. The van der Waals surface area contributed by atoms with Gasteiger partial charge in [-0.15, -0.1) is 0 Å². The Labute approximate surface area is 115 Å². The van der Waals surface area contributed by atoms with Gasteiger partial charge in [-0.25, -0.2) is 8.78 Å². The van der Waals surface area contributed by atoms with Gasteiger partial charge in [-0.05, 0) is 35.7 Å². The predicted molar refractivity (Wildman–Crippen MR) is 74.0 cm³/mol. The van der Waals surface area contributed by atoms with E-state index in [1.165, 1.54) is 19.2 Å². The van der Waals surface area contributed by atoms with Crippen molar-refractivity contribution in [3.05, 3.63) is 65.9 Å². The van der Waals surface area contributed by atoms with E-state index < -0.39 is 0 Å². The number of aromatic nitrogens is 1. The number of hydrogen-bond donors (Lipinski definition) is 0. The molecule has 0 aliphatic heterocycles. The van der Waals surface area contributed by atoms with Gasteiger partial charge in [0.05, 0.1) is 19.2 Å². The molecule has 0 saturated heterocycles. The third-order valence-electron chi connectivity index (χ3n) is 3.34. The highest BCUT2D eigenvalue weighted by Gasteiger charge is 2.10. The van der Waals surface area contributed by atoms with Gasteiger partial charge in [-0.1, -0.05) is 12.1 Å². The lowest BCUT2D eigenvalue weighted by molar-refractivity contribution is 0.383. The first-order chi connectivity index (χ1) is 9.69. The maximum Gasteiger partial charge on any atom is 0.170 e. The lowest BCUT2D eigenvalue weighted by atomic mass is 10.2. The van der Waals surface area contributed by atoms with Crippen LogP contribution in [0.2, 0.25) is 0 Å². The van der Waals surface area contributed by atoms with Crippen LogP contribution in [0.3, 0.4) is 0 Å². The van der Waals surface area contributed by atoms with Gasteiger partial charge in [-0.3, -0.25) is 0 Å². The number of benzene rings is 2. The molecule has 2 aromatic carbocycles. The topological polar surface area (TPSA) is 14.2 Å². The fourth-order valence-corrected chi connectivity index (χ4v) is 2.31. The van der Waals surface area contributed by atoms with Crippen molar-refractivity contribution in [1.82, 2.24) is 4.57 Å². The summed E-state index contributed by atoms with van der Waals surface area (Å²) in [5.74, 6) is -0.470. The number of fused-ring (bicyclic) bond motifs is 1. The van der Waals surface area contributed by atoms with Crippen molar-refractivity contribution in [3.8, 4) is 5.75 Å². The fourth-order valence-electron chi connectivity index (χ4n) is 2.31. The van der Waals surface area contributed by atoms with Crippen molar-refractivity contribution in [3.63, 3.8) is 0 Å². The smallest absolute Gasteiger partial charge is 0.170 e. The van der Waals surface area contributed by atoms with E-state index in [9.17, 15) is 8.78 Å². The molecule has 0 fully saturated rings. The summed E-state index contributed by atoms with van der Waals surface area (Å²) < 4.78 is 34.2. The van der Waals surface area contributed by atoms with Crippen molar-refractivity contribution in [2.45, 2.75) is 6.54 Å². The molecular weight excluding hydrogens is 260 g/mol. The van der Waals surface area contributed by atoms with Gasteiger partial charge in [-0.2, -0.15) is 0 Å². The molecule has 0 atom stereocenters. The maximum absolute atomic E-state index is 14.1. The Morgan fingerprint density at radius 3 is 2.75 bits per heavy atom. The number of ether oxygens (including phenoxy) is 1. The zero-order valence-electron chi connectivity index (χ0n) is 10.9. The van der Waals surface area contributed by atoms with Crippen LogP contribution in [-0.2, 0) is 6.54 Å². The first-order valence-corrected chi connectivity index (χ1v) is 6.25. The van der Waals surface area contributed by atoms with E-state index in [0.717, 1.165) is 10.9 Å². The summed E-state index contributed by atoms with van der Waals surface area (Å²) in [6.45, 7) is 0.329. The van der Waals surface area contributed by atoms with Gasteiger partial charge in [0.25, 0.3) is 0 Å². The largest absolute Gasteiger partial charge is 0.494 e. The number of methoxy groups -OCH3 is 1. The molecule has 0 radical (unpaired) electrons. The van der Waals surface area contributed by atoms with Crippen molar-refractivity contribution < 1.29 is 13.5 Å². The quantitative estimate of drug-likeness (QED) is 0.704. The minimum atomic E-state index is -0.381. The summed E-state index contributed by atoms with van der Waals surface area (Å²) in [5, 5.41) is 0.926. The normalized spacial score (nSPS) is 10.9. The zero-order chi connectivity index (χ0) is 14.1. The van der Waals surface area contributed by atoms with E-state index in [2.05, 4.69) is 0 Å². The summed E-state index contributed by atoms with van der Waals surface area (Å²) in [6, 6.07) is 11.5. The maximum atomic E-state index is 14.1. The fraction of sp³-hybridized carbons (Fsp3) is 0.125. The van der Waals surface area contributed by atoms with Crippen LogP contribution in [0.1, 0.15) is 5.56 Å². The summed E-state index contributed by atoms with van der Waals surface area (Å²) >= 11 is 0. The molecule has 1 aromatic heterocycles. The van der Waals surface area contributed by atoms with E-state index in [1.807, 2.05) is 16.8 Å². The van der Waals surface area contributed by atoms with Crippen LogP contribution < -0.4 is 4.74 Å². The van der Waals surface area contributed by atoms with Crippen LogP contribution in [0.4, 0.5) is 8.78 Å². The van der Waals surface area contributed by atoms with Crippen molar-refractivity contribution in [1.29, 1.82) is 0 Å². The van der Waals surface area contributed by atoms with Gasteiger partial charge >= 0.3 is 0 Å². The number of rotatable bonds is 3. The summed E-state index contributed by atoms with van der Waals surface area (Å²) in [4.78, 5) is 0. The first kappa shape index (κ1) is 12.7. The predicted octanol–water partition coefficient (Wildman–Crippen LogP) is 3.98. The van der Waals surface area contributed by atoms with Crippen LogP contribution >= 0.6 is 0 Å². The molecule has 2 nitrogen and oxygen atoms in total. The second-order valence-electron chi connectivity index (χ2n) is 4.58. The van der Waals surface area contributed by atoms with Crippen LogP contribution in [0, 0.1) is 11.6 Å². The molecule has 1 heterocycles. The molecule has 0 N–H and O–H groups in total. The van der Waals surface area contributed by atoms with Gasteiger partial charge < -0.3 is 9.30 Å². The SMILES string of the molecule is COc1cccc(Cn2ccc3ccc(F)cc32)c1F.